The van der Waals surface area contributed by atoms with E-state index in [1.165, 1.54) is 12.3 Å². The fraction of sp³-hybridized carbons (Fsp3) is 0.308. The number of aromatic carboxylic acids is 1. The van der Waals surface area contributed by atoms with Crippen molar-refractivity contribution in [1.82, 2.24) is 14.8 Å². The summed E-state index contributed by atoms with van der Waals surface area (Å²) in [5.74, 6) is -0.593. The van der Waals surface area contributed by atoms with E-state index in [0.29, 0.717) is 12.4 Å². The van der Waals surface area contributed by atoms with Crippen LogP contribution in [0.3, 0.4) is 0 Å². The lowest BCUT2D eigenvalue weighted by atomic mass is 10.2. The zero-order chi connectivity index (χ0) is 14.9. The fourth-order valence-corrected chi connectivity index (χ4v) is 2.16. The Labute approximate surface area is 121 Å². The predicted octanol–water partition coefficient (Wildman–Crippen LogP) is 2.40. The smallest absolute Gasteiger partial charge is 0.337 e. The standard InChI is InChI=1S/C13H15ClN4O2/c1-7-10(8(2)18(3)17-7)6-16-12-11(14)4-9(5-15-12)13(19)20/h4-5H,6H2,1-3H3,(H,15,16)(H,19,20). The Morgan fingerprint density at radius 1 is 1.50 bits per heavy atom. The number of pyridine rings is 1. The summed E-state index contributed by atoms with van der Waals surface area (Å²) in [7, 11) is 1.89. The molecule has 0 fully saturated rings. The minimum atomic E-state index is -1.05. The number of nitrogens with zero attached hydrogens (tertiary/aromatic N) is 3. The number of rotatable bonds is 4. The maximum atomic E-state index is 10.8. The first kappa shape index (κ1) is 14.3. The summed E-state index contributed by atoms with van der Waals surface area (Å²) in [5, 5.41) is 16.6. The molecule has 0 amide bonds. The van der Waals surface area contributed by atoms with Crippen LogP contribution in [0.4, 0.5) is 5.82 Å². The Morgan fingerprint density at radius 2 is 2.20 bits per heavy atom. The quantitative estimate of drug-likeness (QED) is 0.905. The molecule has 2 aromatic rings. The zero-order valence-corrected chi connectivity index (χ0v) is 12.2. The minimum absolute atomic E-state index is 0.0642. The predicted molar refractivity (Wildman–Crippen MR) is 76.2 cm³/mol. The molecule has 0 aliphatic rings. The molecule has 2 N–H and O–H groups in total. The summed E-state index contributed by atoms with van der Waals surface area (Å²) in [6.45, 7) is 4.46. The number of hydrogen-bond acceptors (Lipinski definition) is 4. The van der Waals surface area contributed by atoms with E-state index in [-0.39, 0.29) is 10.6 Å². The minimum Gasteiger partial charge on any atom is -0.478 e. The highest BCUT2D eigenvalue weighted by molar-refractivity contribution is 6.33. The maximum Gasteiger partial charge on any atom is 0.337 e. The number of anilines is 1. The van der Waals surface area contributed by atoms with Gasteiger partial charge in [-0.3, -0.25) is 4.68 Å². The third-order valence-corrected chi connectivity index (χ3v) is 3.47. The number of nitrogens with one attached hydrogen (secondary N) is 1. The van der Waals surface area contributed by atoms with E-state index in [0.717, 1.165) is 17.0 Å². The second-order valence-corrected chi connectivity index (χ2v) is 4.89. The van der Waals surface area contributed by atoms with Crippen molar-refractivity contribution in [2.24, 2.45) is 7.05 Å². The first-order valence-corrected chi connectivity index (χ1v) is 6.39. The maximum absolute atomic E-state index is 10.8. The molecular weight excluding hydrogens is 280 g/mol. The van der Waals surface area contributed by atoms with E-state index in [4.69, 9.17) is 16.7 Å². The van der Waals surface area contributed by atoms with Crippen molar-refractivity contribution < 1.29 is 9.90 Å². The van der Waals surface area contributed by atoms with Gasteiger partial charge in [0, 0.05) is 31.0 Å². The lowest BCUT2D eigenvalue weighted by Crippen LogP contribution is -2.06. The molecule has 0 unspecified atom stereocenters. The number of aryl methyl sites for hydroxylation is 2. The van der Waals surface area contributed by atoms with E-state index >= 15 is 0 Å². The molecule has 6 nitrogen and oxygen atoms in total. The van der Waals surface area contributed by atoms with Gasteiger partial charge in [-0.2, -0.15) is 5.10 Å². The molecule has 0 aromatic carbocycles. The van der Waals surface area contributed by atoms with Gasteiger partial charge in [-0.15, -0.1) is 0 Å². The van der Waals surface area contributed by atoms with Crippen molar-refractivity contribution in [2.45, 2.75) is 20.4 Å². The Kier molecular flexibility index (Phi) is 3.94. The van der Waals surface area contributed by atoms with E-state index in [1.807, 2.05) is 25.6 Å². The second-order valence-electron chi connectivity index (χ2n) is 4.49. The molecule has 106 valence electrons. The zero-order valence-electron chi connectivity index (χ0n) is 11.4. The number of aromatic nitrogens is 3. The van der Waals surface area contributed by atoms with Crippen LogP contribution >= 0.6 is 11.6 Å². The molecule has 2 rings (SSSR count). The third kappa shape index (κ3) is 2.75. The molecule has 0 saturated heterocycles. The normalized spacial score (nSPS) is 10.6. The highest BCUT2D eigenvalue weighted by atomic mass is 35.5. The van der Waals surface area contributed by atoms with Gasteiger partial charge in [0.05, 0.1) is 16.3 Å². The number of carbonyl (C=O) groups is 1. The Hall–Kier alpha value is -2.08. The summed E-state index contributed by atoms with van der Waals surface area (Å²) < 4.78 is 1.81. The van der Waals surface area contributed by atoms with Crippen molar-refractivity contribution in [3.05, 3.63) is 39.8 Å². The van der Waals surface area contributed by atoms with E-state index in [1.54, 1.807) is 0 Å². The van der Waals surface area contributed by atoms with Crippen LogP contribution < -0.4 is 5.32 Å². The number of hydrogen-bond donors (Lipinski definition) is 2. The average Bonchev–Trinajstić information content (AvgIpc) is 2.62. The van der Waals surface area contributed by atoms with Crippen molar-refractivity contribution in [3.63, 3.8) is 0 Å². The van der Waals surface area contributed by atoms with Gasteiger partial charge in [0.15, 0.2) is 0 Å². The molecule has 2 heterocycles. The summed E-state index contributed by atoms with van der Waals surface area (Å²) in [6, 6.07) is 1.38. The van der Waals surface area contributed by atoms with E-state index in [9.17, 15) is 4.79 Å². The average molecular weight is 295 g/mol. The topological polar surface area (TPSA) is 80.0 Å². The van der Waals surface area contributed by atoms with Crippen LogP contribution in [0.1, 0.15) is 27.3 Å². The van der Waals surface area contributed by atoms with Gasteiger partial charge in [0.2, 0.25) is 0 Å². The fourth-order valence-electron chi connectivity index (χ4n) is 1.93. The molecule has 0 atom stereocenters. The molecule has 0 bridgehead atoms. The van der Waals surface area contributed by atoms with Gasteiger partial charge in [0.25, 0.3) is 0 Å². The number of carboxylic acids is 1. The summed E-state index contributed by atoms with van der Waals surface area (Å²) in [5.41, 5.74) is 3.14. The number of halogens is 1. The largest absolute Gasteiger partial charge is 0.478 e. The molecule has 0 saturated carbocycles. The Morgan fingerprint density at radius 3 is 2.70 bits per heavy atom. The summed E-state index contributed by atoms with van der Waals surface area (Å²) in [4.78, 5) is 14.8. The Balaban J connectivity index is 2.17. The van der Waals surface area contributed by atoms with E-state index < -0.39 is 5.97 Å². The molecule has 0 spiro atoms. The summed E-state index contributed by atoms with van der Waals surface area (Å²) >= 11 is 6.02. The van der Waals surface area contributed by atoms with Crippen LogP contribution in [0.5, 0.6) is 0 Å². The molecule has 20 heavy (non-hydrogen) atoms. The number of carboxylic acid groups (broad SMARTS) is 1. The van der Waals surface area contributed by atoms with Gasteiger partial charge in [-0.1, -0.05) is 11.6 Å². The first-order chi connectivity index (χ1) is 9.40. The third-order valence-electron chi connectivity index (χ3n) is 3.18. The summed E-state index contributed by atoms with van der Waals surface area (Å²) in [6.07, 6.45) is 1.28. The molecule has 0 radical (unpaired) electrons. The van der Waals surface area contributed by atoms with E-state index in [2.05, 4.69) is 15.4 Å². The first-order valence-electron chi connectivity index (χ1n) is 6.02. The van der Waals surface area contributed by atoms with Crippen LogP contribution in [0.25, 0.3) is 0 Å². The highest BCUT2D eigenvalue weighted by Gasteiger charge is 2.11. The van der Waals surface area contributed by atoms with Gasteiger partial charge in [0.1, 0.15) is 5.82 Å². The monoisotopic (exact) mass is 294 g/mol. The molecule has 2 aromatic heterocycles. The van der Waals surface area contributed by atoms with Crippen molar-refractivity contribution in [2.75, 3.05) is 5.32 Å². The van der Waals surface area contributed by atoms with Crippen LogP contribution in [0.15, 0.2) is 12.3 Å². The Bertz CT molecular complexity index is 667. The van der Waals surface area contributed by atoms with Crippen LogP contribution in [-0.2, 0) is 13.6 Å². The van der Waals surface area contributed by atoms with Crippen LogP contribution in [0.2, 0.25) is 5.02 Å². The van der Waals surface area contributed by atoms with Gasteiger partial charge < -0.3 is 10.4 Å². The second kappa shape index (κ2) is 5.50. The van der Waals surface area contributed by atoms with Crippen LogP contribution in [0, 0.1) is 13.8 Å². The molecule has 0 aliphatic carbocycles. The van der Waals surface area contributed by atoms with Gasteiger partial charge >= 0.3 is 5.97 Å². The molecule has 0 aliphatic heterocycles. The van der Waals surface area contributed by atoms with Gasteiger partial charge in [-0.25, -0.2) is 9.78 Å². The van der Waals surface area contributed by atoms with Crippen molar-refractivity contribution in [3.8, 4) is 0 Å². The lowest BCUT2D eigenvalue weighted by Gasteiger charge is -2.08. The SMILES string of the molecule is Cc1nn(C)c(C)c1CNc1ncc(C(=O)O)cc1Cl. The van der Waals surface area contributed by atoms with Crippen LogP contribution in [-0.4, -0.2) is 25.8 Å². The molecule has 7 heteroatoms. The van der Waals surface area contributed by atoms with Gasteiger partial charge in [-0.05, 0) is 19.9 Å². The lowest BCUT2D eigenvalue weighted by molar-refractivity contribution is 0.0696. The van der Waals surface area contributed by atoms with Crippen molar-refractivity contribution in [1.29, 1.82) is 0 Å². The highest BCUT2D eigenvalue weighted by Crippen LogP contribution is 2.22. The van der Waals surface area contributed by atoms with Crippen molar-refractivity contribution >= 4 is 23.4 Å². The molecular formula is C13H15ClN4O2.